The summed E-state index contributed by atoms with van der Waals surface area (Å²) in [6, 6.07) is 11.3. The SMILES string of the molecule is CC(C)[C@@H](Cn1nnc2ccccc21)NC(=O)c1cccnc1. The van der Waals surface area contributed by atoms with Gasteiger partial charge in [-0.3, -0.25) is 9.78 Å². The number of fused-ring (bicyclic) bond motifs is 1. The zero-order valence-corrected chi connectivity index (χ0v) is 13.2. The molecule has 0 aliphatic rings. The summed E-state index contributed by atoms with van der Waals surface area (Å²) in [5.74, 6) is 0.139. The maximum atomic E-state index is 12.4. The number of pyridine rings is 1. The summed E-state index contributed by atoms with van der Waals surface area (Å²) < 4.78 is 1.84. The standard InChI is InChI=1S/C17H19N5O/c1-12(2)15(19-17(23)13-6-5-9-18-10-13)11-22-16-8-4-3-7-14(16)20-21-22/h3-10,12,15H,11H2,1-2H3,(H,19,23)/t15-/m1/s1. The summed E-state index contributed by atoms with van der Waals surface area (Å²) in [6.07, 6.45) is 3.22. The van der Waals surface area contributed by atoms with Crippen molar-refractivity contribution in [1.82, 2.24) is 25.3 Å². The van der Waals surface area contributed by atoms with Gasteiger partial charge in [-0.05, 0) is 30.2 Å². The van der Waals surface area contributed by atoms with Crippen molar-refractivity contribution in [3.05, 3.63) is 54.4 Å². The quantitative estimate of drug-likeness (QED) is 0.785. The summed E-state index contributed by atoms with van der Waals surface area (Å²) in [4.78, 5) is 16.3. The molecule has 23 heavy (non-hydrogen) atoms. The van der Waals surface area contributed by atoms with Crippen LogP contribution in [0, 0.1) is 5.92 Å². The Morgan fingerprint density at radius 3 is 2.78 bits per heavy atom. The Morgan fingerprint density at radius 2 is 2.04 bits per heavy atom. The summed E-state index contributed by atoms with van der Waals surface area (Å²) in [6.45, 7) is 4.73. The van der Waals surface area contributed by atoms with Crippen molar-refractivity contribution >= 4 is 16.9 Å². The van der Waals surface area contributed by atoms with Crippen LogP contribution >= 0.6 is 0 Å². The number of carbonyl (C=O) groups is 1. The predicted molar refractivity (Wildman–Crippen MR) is 87.9 cm³/mol. The topological polar surface area (TPSA) is 72.7 Å². The van der Waals surface area contributed by atoms with Crippen LogP contribution in [0.2, 0.25) is 0 Å². The monoisotopic (exact) mass is 309 g/mol. The smallest absolute Gasteiger partial charge is 0.253 e. The third-order valence-corrected chi connectivity index (χ3v) is 3.83. The van der Waals surface area contributed by atoms with Crippen molar-refractivity contribution in [1.29, 1.82) is 0 Å². The van der Waals surface area contributed by atoms with Gasteiger partial charge >= 0.3 is 0 Å². The Morgan fingerprint density at radius 1 is 1.22 bits per heavy atom. The fourth-order valence-electron chi connectivity index (χ4n) is 2.41. The van der Waals surface area contributed by atoms with Crippen molar-refractivity contribution < 1.29 is 4.79 Å². The van der Waals surface area contributed by atoms with Crippen molar-refractivity contribution in [3.8, 4) is 0 Å². The number of hydrogen-bond donors (Lipinski definition) is 1. The molecule has 6 heteroatoms. The number of nitrogens with one attached hydrogen (secondary N) is 1. The fourth-order valence-corrected chi connectivity index (χ4v) is 2.41. The van der Waals surface area contributed by atoms with E-state index >= 15 is 0 Å². The van der Waals surface area contributed by atoms with Crippen LogP contribution in [0.25, 0.3) is 11.0 Å². The van der Waals surface area contributed by atoms with Gasteiger partial charge in [-0.25, -0.2) is 4.68 Å². The lowest BCUT2D eigenvalue weighted by Crippen LogP contribution is -2.41. The lowest BCUT2D eigenvalue weighted by molar-refractivity contribution is 0.0919. The Kier molecular flexibility index (Phi) is 4.32. The van der Waals surface area contributed by atoms with Crippen LogP contribution in [0.3, 0.4) is 0 Å². The first-order valence-electron chi connectivity index (χ1n) is 7.64. The molecule has 0 saturated carbocycles. The first-order chi connectivity index (χ1) is 11.1. The summed E-state index contributed by atoms with van der Waals surface area (Å²) in [5, 5.41) is 11.4. The minimum absolute atomic E-state index is 0.0483. The fraction of sp³-hybridized carbons (Fsp3) is 0.294. The van der Waals surface area contributed by atoms with Gasteiger partial charge in [0.05, 0.1) is 23.7 Å². The van der Waals surface area contributed by atoms with Gasteiger partial charge in [-0.2, -0.15) is 0 Å². The molecule has 6 nitrogen and oxygen atoms in total. The van der Waals surface area contributed by atoms with Gasteiger partial charge in [0.25, 0.3) is 5.91 Å². The molecular formula is C17H19N5O. The predicted octanol–water partition coefficient (Wildman–Crippen LogP) is 2.28. The Hall–Kier alpha value is -2.76. The zero-order valence-electron chi connectivity index (χ0n) is 13.2. The average molecular weight is 309 g/mol. The average Bonchev–Trinajstić information content (AvgIpc) is 2.98. The molecule has 3 aromatic rings. The molecule has 1 N–H and O–H groups in total. The zero-order chi connectivity index (χ0) is 16.2. The van der Waals surface area contributed by atoms with Crippen LogP contribution in [0.4, 0.5) is 0 Å². The first-order valence-corrected chi connectivity index (χ1v) is 7.64. The highest BCUT2D eigenvalue weighted by molar-refractivity contribution is 5.94. The van der Waals surface area contributed by atoms with Gasteiger partial charge in [-0.15, -0.1) is 5.10 Å². The van der Waals surface area contributed by atoms with E-state index in [1.54, 1.807) is 24.5 Å². The molecule has 118 valence electrons. The molecule has 0 spiro atoms. The normalized spacial score (nSPS) is 12.5. The molecule has 0 bridgehead atoms. The Bertz CT molecular complexity index is 797. The van der Waals surface area contributed by atoms with Crippen LogP contribution in [0.5, 0.6) is 0 Å². The van der Waals surface area contributed by atoms with Crippen LogP contribution in [-0.4, -0.2) is 31.9 Å². The van der Waals surface area contributed by atoms with E-state index in [1.165, 1.54) is 0 Å². The molecule has 0 unspecified atom stereocenters. The molecule has 3 rings (SSSR count). The van der Waals surface area contributed by atoms with Crippen molar-refractivity contribution in [2.24, 2.45) is 5.92 Å². The molecule has 0 radical (unpaired) electrons. The first kappa shape index (κ1) is 15.1. The number of carbonyl (C=O) groups excluding carboxylic acids is 1. The van der Waals surface area contributed by atoms with Crippen molar-refractivity contribution in [2.75, 3.05) is 0 Å². The summed E-state index contributed by atoms with van der Waals surface area (Å²) in [7, 11) is 0. The number of rotatable bonds is 5. The molecule has 1 atom stereocenters. The van der Waals surface area contributed by atoms with E-state index < -0.39 is 0 Å². The second kappa shape index (κ2) is 6.56. The lowest BCUT2D eigenvalue weighted by Gasteiger charge is -2.22. The van der Waals surface area contributed by atoms with Crippen molar-refractivity contribution in [3.63, 3.8) is 0 Å². The highest BCUT2D eigenvalue weighted by Gasteiger charge is 2.19. The number of para-hydroxylation sites is 1. The second-order valence-corrected chi connectivity index (χ2v) is 5.83. The van der Waals surface area contributed by atoms with Gasteiger partial charge in [0.15, 0.2) is 0 Å². The van der Waals surface area contributed by atoms with Crippen LogP contribution in [0.1, 0.15) is 24.2 Å². The van der Waals surface area contributed by atoms with Gasteiger partial charge in [0, 0.05) is 12.4 Å². The van der Waals surface area contributed by atoms with Crippen LogP contribution in [-0.2, 0) is 6.54 Å². The largest absolute Gasteiger partial charge is 0.347 e. The molecule has 0 fully saturated rings. The molecule has 0 aliphatic carbocycles. The number of amides is 1. The van der Waals surface area contributed by atoms with E-state index in [1.807, 2.05) is 28.9 Å². The van der Waals surface area contributed by atoms with Crippen molar-refractivity contribution in [2.45, 2.75) is 26.4 Å². The van der Waals surface area contributed by atoms with Gasteiger partial charge < -0.3 is 5.32 Å². The molecule has 2 heterocycles. The molecule has 0 saturated heterocycles. The minimum atomic E-state index is -0.124. The van der Waals surface area contributed by atoms with E-state index in [4.69, 9.17) is 0 Å². The van der Waals surface area contributed by atoms with Gasteiger partial charge in [0.1, 0.15) is 5.52 Å². The number of benzene rings is 1. The molecule has 2 aromatic heterocycles. The summed E-state index contributed by atoms with van der Waals surface area (Å²) in [5.41, 5.74) is 2.38. The maximum absolute atomic E-state index is 12.4. The third kappa shape index (κ3) is 3.36. The lowest BCUT2D eigenvalue weighted by atomic mass is 10.0. The Labute approximate surface area is 134 Å². The van der Waals surface area contributed by atoms with E-state index in [2.05, 4.69) is 34.5 Å². The van der Waals surface area contributed by atoms with Crippen LogP contribution < -0.4 is 5.32 Å². The number of aromatic nitrogens is 4. The molecule has 0 aliphatic heterocycles. The molecular weight excluding hydrogens is 290 g/mol. The van der Waals surface area contributed by atoms with E-state index in [9.17, 15) is 4.79 Å². The van der Waals surface area contributed by atoms with E-state index in [0.29, 0.717) is 12.1 Å². The molecule has 1 amide bonds. The highest BCUT2D eigenvalue weighted by Crippen LogP contribution is 2.13. The van der Waals surface area contributed by atoms with Gasteiger partial charge in [0.2, 0.25) is 0 Å². The molecule has 1 aromatic carbocycles. The minimum Gasteiger partial charge on any atom is -0.347 e. The maximum Gasteiger partial charge on any atom is 0.253 e. The highest BCUT2D eigenvalue weighted by atomic mass is 16.1. The Balaban J connectivity index is 1.78. The number of nitrogens with zero attached hydrogens (tertiary/aromatic N) is 4. The number of hydrogen-bond acceptors (Lipinski definition) is 4. The van der Waals surface area contributed by atoms with Gasteiger partial charge in [-0.1, -0.05) is 31.2 Å². The van der Waals surface area contributed by atoms with E-state index in [0.717, 1.165) is 11.0 Å². The second-order valence-electron chi connectivity index (χ2n) is 5.83. The van der Waals surface area contributed by atoms with Crippen LogP contribution in [0.15, 0.2) is 48.8 Å². The third-order valence-electron chi connectivity index (χ3n) is 3.83. The summed E-state index contributed by atoms with van der Waals surface area (Å²) >= 11 is 0. The van der Waals surface area contributed by atoms with E-state index in [-0.39, 0.29) is 17.9 Å².